The second-order valence-electron chi connectivity index (χ2n) is 1.21. The maximum atomic E-state index is 8.15. The average Bonchev–Trinajstić information content (AvgIpc) is 1.80. The standard InChI is InChI=1S/C3H10N4O2/c4-3(5)6-7-9-2-1-8/h7-8H,1-2H2,(H4,4,5,6). The first-order chi connectivity index (χ1) is 4.27. The van der Waals surface area contributed by atoms with Crippen LogP contribution in [-0.4, -0.2) is 24.3 Å². The molecule has 0 aliphatic carbocycles. The lowest BCUT2D eigenvalue weighted by atomic mass is 10.8. The molecule has 0 bridgehead atoms. The molecule has 0 amide bonds. The van der Waals surface area contributed by atoms with Gasteiger partial charge >= 0.3 is 0 Å². The number of nitrogens with one attached hydrogen (secondary N) is 3. The van der Waals surface area contributed by atoms with E-state index in [9.17, 15) is 0 Å². The highest BCUT2D eigenvalue weighted by atomic mass is 16.7. The van der Waals surface area contributed by atoms with Crippen LogP contribution in [0.2, 0.25) is 0 Å². The number of aliphatic hydroxyl groups is 1. The molecule has 54 valence electrons. The highest BCUT2D eigenvalue weighted by Crippen LogP contribution is 1.58. The van der Waals surface area contributed by atoms with Gasteiger partial charge in [-0.1, -0.05) is 0 Å². The molecule has 0 radical (unpaired) electrons. The van der Waals surface area contributed by atoms with Crippen LogP contribution in [0.3, 0.4) is 0 Å². The highest BCUT2D eigenvalue weighted by molar-refractivity contribution is 5.73. The van der Waals surface area contributed by atoms with Gasteiger partial charge < -0.3 is 10.8 Å². The molecule has 0 saturated carbocycles. The molecule has 0 saturated heterocycles. The Morgan fingerprint density at radius 2 is 2.44 bits per heavy atom. The molecule has 0 rings (SSSR count). The summed E-state index contributed by atoms with van der Waals surface area (Å²) >= 11 is 0. The van der Waals surface area contributed by atoms with Crippen LogP contribution in [-0.2, 0) is 4.84 Å². The molecule has 0 aromatic carbocycles. The monoisotopic (exact) mass is 134 g/mol. The molecule has 0 heterocycles. The van der Waals surface area contributed by atoms with Gasteiger partial charge in [0.05, 0.1) is 13.2 Å². The number of hydrogen-bond acceptors (Lipinski definition) is 4. The molecule has 6 nitrogen and oxygen atoms in total. The van der Waals surface area contributed by atoms with Gasteiger partial charge in [0.15, 0.2) is 0 Å². The van der Waals surface area contributed by atoms with Crippen molar-refractivity contribution in [2.75, 3.05) is 13.2 Å². The first-order valence-electron chi connectivity index (χ1n) is 2.35. The summed E-state index contributed by atoms with van der Waals surface area (Å²) in [4.78, 5) is 4.46. The topological polar surface area (TPSA) is 103 Å². The molecule has 0 aromatic rings. The zero-order chi connectivity index (χ0) is 7.11. The van der Waals surface area contributed by atoms with Crippen LogP contribution in [0, 0.1) is 5.41 Å². The zero-order valence-corrected chi connectivity index (χ0v) is 4.85. The Morgan fingerprint density at radius 3 is 2.89 bits per heavy atom. The van der Waals surface area contributed by atoms with E-state index in [1.165, 1.54) is 0 Å². The summed E-state index contributed by atoms with van der Waals surface area (Å²) in [5, 5.41) is 14.7. The van der Waals surface area contributed by atoms with Crippen LogP contribution in [0.4, 0.5) is 0 Å². The van der Waals surface area contributed by atoms with Crippen LogP contribution in [0.5, 0.6) is 0 Å². The normalized spacial score (nSPS) is 9.00. The van der Waals surface area contributed by atoms with Crippen molar-refractivity contribution in [3.63, 3.8) is 0 Å². The van der Waals surface area contributed by atoms with Gasteiger partial charge in [-0.05, 0) is 0 Å². The van der Waals surface area contributed by atoms with Crippen LogP contribution < -0.4 is 16.7 Å². The van der Waals surface area contributed by atoms with Gasteiger partial charge in [-0.25, -0.2) is 0 Å². The van der Waals surface area contributed by atoms with Gasteiger partial charge in [0.25, 0.3) is 0 Å². The molecule has 0 spiro atoms. The predicted octanol–water partition coefficient (Wildman–Crippen LogP) is -2.10. The molecule has 0 fully saturated rings. The van der Waals surface area contributed by atoms with E-state index >= 15 is 0 Å². The second-order valence-corrected chi connectivity index (χ2v) is 1.21. The number of nitrogens with two attached hydrogens (primary N) is 1. The van der Waals surface area contributed by atoms with Gasteiger partial charge in [-0.2, -0.15) is 0 Å². The Kier molecular flexibility index (Phi) is 4.79. The summed E-state index contributed by atoms with van der Waals surface area (Å²) in [6, 6.07) is 0. The molecule has 0 aliphatic rings. The van der Waals surface area contributed by atoms with Gasteiger partial charge in [-0.3, -0.25) is 15.7 Å². The molecule has 0 atom stereocenters. The van der Waals surface area contributed by atoms with E-state index in [1.54, 1.807) is 0 Å². The maximum absolute atomic E-state index is 8.15. The summed E-state index contributed by atoms with van der Waals surface area (Å²) in [5.41, 5.74) is 9.13. The Labute approximate surface area is 52.4 Å². The minimum Gasteiger partial charge on any atom is -0.394 e. The Morgan fingerprint density at radius 1 is 1.78 bits per heavy atom. The van der Waals surface area contributed by atoms with E-state index in [4.69, 9.17) is 16.2 Å². The minimum absolute atomic E-state index is 0.0768. The fourth-order valence-electron chi connectivity index (χ4n) is 0.188. The van der Waals surface area contributed by atoms with Crippen molar-refractivity contribution in [2.24, 2.45) is 5.73 Å². The third-order valence-electron chi connectivity index (χ3n) is 0.451. The lowest BCUT2D eigenvalue weighted by Gasteiger charge is -2.03. The lowest BCUT2D eigenvalue weighted by Crippen LogP contribution is -2.41. The second kappa shape index (κ2) is 5.29. The molecule has 6 heteroatoms. The molecule has 6 N–H and O–H groups in total. The predicted molar refractivity (Wildman–Crippen MR) is 31.2 cm³/mol. The van der Waals surface area contributed by atoms with Gasteiger partial charge in [-0.15, -0.1) is 5.59 Å². The van der Waals surface area contributed by atoms with Crippen LogP contribution in [0.15, 0.2) is 0 Å². The van der Waals surface area contributed by atoms with Crippen molar-refractivity contribution >= 4 is 5.96 Å². The number of aliphatic hydroxyl groups excluding tert-OH is 1. The van der Waals surface area contributed by atoms with Crippen molar-refractivity contribution in [1.82, 2.24) is 11.0 Å². The number of guanidine groups is 1. The van der Waals surface area contributed by atoms with Crippen LogP contribution >= 0.6 is 0 Å². The SMILES string of the molecule is N=C(N)NNOCCO. The summed E-state index contributed by atoms with van der Waals surface area (Å²) in [7, 11) is 0. The largest absolute Gasteiger partial charge is 0.394 e. The summed E-state index contributed by atoms with van der Waals surface area (Å²) in [6.45, 7) is 0.0763. The molecule has 0 aromatic heterocycles. The Bertz CT molecular complexity index is 85.9. The third-order valence-corrected chi connectivity index (χ3v) is 0.451. The fourth-order valence-corrected chi connectivity index (χ4v) is 0.188. The number of rotatable bonds is 4. The number of hydrazine groups is 1. The summed E-state index contributed by atoms with van der Waals surface area (Å²) < 4.78 is 0. The molecular weight excluding hydrogens is 124 g/mol. The van der Waals surface area contributed by atoms with E-state index in [2.05, 4.69) is 15.9 Å². The van der Waals surface area contributed by atoms with Gasteiger partial charge in [0, 0.05) is 0 Å². The van der Waals surface area contributed by atoms with Crippen molar-refractivity contribution in [1.29, 1.82) is 5.41 Å². The Hall–Kier alpha value is -0.850. The van der Waals surface area contributed by atoms with Crippen molar-refractivity contribution in [3.8, 4) is 0 Å². The van der Waals surface area contributed by atoms with Crippen molar-refractivity contribution < 1.29 is 9.94 Å². The fraction of sp³-hybridized carbons (Fsp3) is 0.667. The average molecular weight is 134 g/mol. The highest BCUT2D eigenvalue weighted by Gasteiger charge is 1.83. The van der Waals surface area contributed by atoms with E-state index in [1.807, 2.05) is 0 Å². The Balaban J connectivity index is 2.83. The molecule has 9 heavy (non-hydrogen) atoms. The molecule has 0 aliphatic heterocycles. The van der Waals surface area contributed by atoms with E-state index in [-0.39, 0.29) is 19.2 Å². The smallest absolute Gasteiger partial charge is 0.202 e. The lowest BCUT2D eigenvalue weighted by molar-refractivity contribution is 0.00382. The third kappa shape index (κ3) is 7.15. The van der Waals surface area contributed by atoms with Crippen molar-refractivity contribution in [3.05, 3.63) is 0 Å². The van der Waals surface area contributed by atoms with Gasteiger partial charge in [0.2, 0.25) is 5.96 Å². The first kappa shape index (κ1) is 8.15. The van der Waals surface area contributed by atoms with Crippen LogP contribution in [0.25, 0.3) is 0 Å². The van der Waals surface area contributed by atoms with Gasteiger partial charge in [0.1, 0.15) is 0 Å². The van der Waals surface area contributed by atoms with Crippen LogP contribution in [0.1, 0.15) is 0 Å². The zero-order valence-electron chi connectivity index (χ0n) is 4.85. The summed E-state index contributed by atoms with van der Waals surface area (Å²) in [5.74, 6) is -0.243. The number of hydrogen-bond donors (Lipinski definition) is 5. The first-order valence-corrected chi connectivity index (χ1v) is 2.35. The van der Waals surface area contributed by atoms with Crippen molar-refractivity contribution in [2.45, 2.75) is 0 Å². The molecule has 0 unspecified atom stereocenters. The van der Waals surface area contributed by atoms with E-state index in [0.29, 0.717) is 0 Å². The maximum Gasteiger partial charge on any atom is 0.202 e. The quantitative estimate of drug-likeness (QED) is 0.131. The van der Waals surface area contributed by atoms with E-state index in [0.717, 1.165) is 0 Å². The summed E-state index contributed by atoms with van der Waals surface area (Å²) in [6.07, 6.45) is 0. The van der Waals surface area contributed by atoms with E-state index < -0.39 is 0 Å². The molecular formula is C3H10N4O2. The minimum atomic E-state index is -0.243.